The second-order valence-corrected chi connectivity index (χ2v) is 16.1. The number of hydrogen-bond donors (Lipinski definition) is 3. The molecule has 310 valence electrons. The van der Waals surface area contributed by atoms with Gasteiger partial charge in [0, 0.05) is 51.1 Å². The molecule has 11 nitrogen and oxygen atoms in total. The van der Waals surface area contributed by atoms with E-state index in [0.29, 0.717) is 49.6 Å². The lowest BCUT2D eigenvalue weighted by atomic mass is 9.55. The molecule has 6 unspecified atom stereocenters. The highest BCUT2D eigenvalue weighted by Gasteiger charge is 2.65. The zero-order chi connectivity index (χ0) is 40.2. The molecule has 2 fully saturated rings. The summed E-state index contributed by atoms with van der Waals surface area (Å²) < 4.78 is 20.0. The third-order valence-electron chi connectivity index (χ3n) is 12.5. The van der Waals surface area contributed by atoms with Crippen molar-refractivity contribution in [1.82, 2.24) is 10.2 Å². The van der Waals surface area contributed by atoms with Crippen molar-refractivity contribution in [3.05, 3.63) is 84.0 Å². The van der Waals surface area contributed by atoms with Crippen molar-refractivity contribution < 1.29 is 38.9 Å². The van der Waals surface area contributed by atoms with E-state index in [0.717, 1.165) is 54.5 Å². The van der Waals surface area contributed by atoms with Crippen LogP contribution in [0.3, 0.4) is 0 Å². The van der Waals surface area contributed by atoms with Gasteiger partial charge >= 0.3 is 6.09 Å². The van der Waals surface area contributed by atoms with Gasteiger partial charge in [-0.1, -0.05) is 86.2 Å². The smallest absolute Gasteiger partial charge is 0.412 e. The highest BCUT2D eigenvalue weighted by atomic mass is 16.7. The normalized spacial score (nSPS) is 25.8. The maximum Gasteiger partial charge on any atom is 0.412 e. The van der Waals surface area contributed by atoms with E-state index in [4.69, 9.17) is 24.2 Å². The first-order chi connectivity index (χ1) is 27.8. The average molecular weight is 786 g/mol. The van der Waals surface area contributed by atoms with Crippen molar-refractivity contribution in [2.45, 2.75) is 115 Å². The summed E-state index contributed by atoms with van der Waals surface area (Å²) >= 11 is 0. The molecule has 0 radical (unpaired) electrons. The van der Waals surface area contributed by atoms with Gasteiger partial charge in [0.2, 0.25) is 11.7 Å². The summed E-state index contributed by atoms with van der Waals surface area (Å²) in [4.78, 5) is 35.0. The maximum atomic E-state index is 14.3. The Balaban J connectivity index is 1.51. The number of rotatable bonds is 20. The van der Waals surface area contributed by atoms with Gasteiger partial charge in [0.25, 0.3) is 0 Å². The summed E-state index contributed by atoms with van der Waals surface area (Å²) in [7, 11) is 1.87. The molecule has 0 bridgehead atoms. The van der Waals surface area contributed by atoms with Crippen molar-refractivity contribution in [3.63, 3.8) is 0 Å². The van der Waals surface area contributed by atoms with Gasteiger partial charge in [0.05, 0.1) is 18.2 Å². The molecular formula is C46H63N3O8. The Kier molecular flexibility index (Phi) is 15.2. The van der Waals surface area contributed by atoms with E-state index in [1.54, 1.807) is 12.1 Å². The summed E-state index contributed by atoms with van der Waals surface area (Å²) in [6, 6.07) is 14.9. The fourth-order valence-corrected chi connectivity index (χ4v) is 9.81. The summed E-state index contributed by atoms with van der Waals surface area (Å²) in [5, 5.41) is 27.3. The van der Waals surface area contributed by atoms with Crippen molar-refractivity contribution >= 4 is 17.7 Å². The molecule has 0 spiro atoms. The number of ether oxygens (including phenoxy) is 3. The molecule has 0 saturated heterocycles. The van der Waals surface area contributed by atoms with Gasteiger partial charge in [-0.2, -0.15) is 0 Å². The Labute approximate surface area is 338 Å². The largest absolute Gasteiger partial charge is 0.459 e. The van der Waals surface area contributed by atoms with E-state index < -0.39 is 23.8 Å². The van der Waals surface area contributed by atoms with Crippen LogP contribution in [0, 0.1) is 23.7 Å². The molecule has 1 aliphatic heterocycles. The highest BCUT2D eigenvalue weighted by Crippen LogP contribution is 2.62. The maximum absolute atomic E-state index is 14.3. The number of carbonyl (C=O) groups is 2. The predicted molar refractivity (Wildman–Crippen MR) is 220 cm³/mol. The Morgan fingerprint density at radius 1 is 1.04 bits per heavy atom. The number of oxime groups is 1. The molecule has 2 aromatic rings. The van der Waals surface area contributed by atoms with Crippen molar-refractivity contribution in [1.29, 1.82) is 0 Å². The predicted octanol–water partition coefficient (Wildman–Crippen LogP) is 8.06. The Morgan fingerprint density at radius 2 is 1.79 bits per heavy atom. The van der Waals surface area contributed by atoms with E-state index in [2.05, 4.69) is 18.0 Å². The number of hydrogen-bond acceptors (Lipinski definition) is 9. The minimum atomic E-state index is -1.32. The lowest BCUT2D eigenvalue weighted by Gasteiger charge is -2.59. The third-order valence-corrected chi connectivity index (χ3v) is 12.5. The number of likely N-dealkylation sites (N-methyl/N-ethyl adjacent to an activating group) is 1. The number of aliphatic hydroxyl groups excluding tert-OH is 2. The molecule has 2 aromatic carbocycles. The monoisotopic (exact) mass is 785 g/mol. The lowest BCUT2D eigenvalue weighted by Crippen LogP contribution is -2.69. The van der Waals surface area contributed by atoms with Gasteiger partial charge in [-0.05, 0) is 86.1 Å². The van der Waals surface area contributed by atoms with Crippen molar-refractivity contribution in [2.24, 2.45) is 28.8 Å². The molecule has 4 aliphatic rings. The first kappa shape index (κ1) is 42.4. The van der Waals surface area contributed by atoms with Crippen LogP contribution in [0.5, 0.6) is 11.5 Å². The van der Waals surface area contributed by atoms with Crippen LogP contribution in [0.15, 0.2) is 78.0 Å². The van der Waals surface area contributed by atoms with E-state index in [9.17, 15) is 19.8 Å². The first-order valence-electron chi connectivity index (χ1n) is 21.3. The molecule has 1 heterocycles. The fraction of sp³-hybridized carbons (Fsp3) is 0.587. The van der Waals surface area contributed by atoms with Crippen LogP contribution in [0.1, 0.15) is 107 Å². The molecule has 2 saturated carbocycles. The van der Waals surface area contributed by atoms with Crippen LogP contribution in [0.2, 0.25) is 0 Å². The first-order valence-corrected chi connectivity index (χ1v) is 21.3. The molecule has 2 amide bonds. The number of nitrogens with zero attached hydrogens (tertiary/aromatic N) is 2. The van der Waals surface area contributed by atoms with Gasteiger partial charge < -0.3 is 39.5 Å². The number of fused-ring (bicyclic) bond motifs is 2. The highest BCUT2D eigenvalue weighted by molar-refractivity contribution is 6.03. The molecular weight excluding hydrogens is 723 g/mol. The summed E-state index contributed by atoms with van der Waals surface area (Å²) in [5.74, 6) is -0.188. The molecule has 0 aromatic heterocycles. The Hall–Kier alpha value is -4.19. The van der Waals surface area contributed by atoms with E-state index in [1.165, 1.54) is 25.7 Å². The number of benzene rings is 2. The number of amides is 2. The quantitative estimate of drug-likeness (QED) is 0.0697. The molecule has 3 aliphatic carbocycles. The molecule has 6 rings (SSSR count). The minimum absolute atomic E-state index is 0.0410. The number of nitrogens with one attached hydrogen (secondary N) is 1. The third kappa shape index (κ3) is 9.92. The van der Waals surface area contributed by atoms with Gasteiger partial charge in [-0.3, -0.25) is 4.79 Å². The summed E-state index contributed by atoms with van der Waals surface area (Å²) in [6.07, 6.45) is 14.6. The molecule has 3 N–H and O–H groups in total. The fourth-order valence-electron chi connectivity index (χ4n) is 9.81. The van der Waals surface area contributed by atoms with Crippen molar-refractivity contribution in [3.8, 4) is 11.5 Å². The summed E-state index contributed by atoms with van der Waals surface area (Å²) in [5.41, 5.74) is 3.61. The second-order valence-electron chi connectivity index (χ2n) is 16.1. The number of allylic oxidation sites excluding steroid dienone is 1. The van der Waals surface area contributed by atoms with Crippen LogP contribution in [-0.4, -0.2) is 78.1 Å². The molecule has 57 heavy (non-hydrogen) atoms. The Morgan fingerprint density at radius 3 is 2.51 bits per heavy atom. The van der Waals surface area contributed by atoms with Gasteiger partial charge in [-0.15, -0.1) is 6.58 Å². The van der Waals surface area contributed by atoms with Crippen LogP contribution in [0.4, 0.5) is 4.79 Å². The number of unbranched alkanes of at least 4 members (excludes halogenated alkanes) is 2. The van der Waals surface area contributed by atoms with Crippen LogP contribution in [0.25, 0.3) is 0 Å². The SMILES string of the molecule is C=CCOC12Oc3ccc(OC(=O)NCC)cc3C3C(CCCCO)C(CCCCO)C=C(C(=NOCc4ccccc4)CC1N(C)C(=O)CCC1CCCC1)C32. The topological polar surface area (TPSA) is 139 Å². The van der Waals surface area contributed by atoms with Crippen LogP contribution >= 0.6 is 0 Å². The number of carbonyl (C=O) groups excluding carboxylic acids is 2. The van der Waals surface area contributed by atoms with E-state index >= 15 is 0 Å². The van der Waals surface area contributed by atoms with Crippen molar-refractivity contribution in [2.75, 3.05) is 33.4 Å². The minimum Gasteiger partial charge on any atom is -0.459 e. The Bertz CT molecular complexity index is 1710. The molecule has 6 atom stereocenters. The zero-order valence-corrected chi connectivity index (χ0v) is 33.9. The van der Waals surface area contributed by atoms with E-state index in [1.807, 2.05) is 61.3 Å². The lowest BCUT2D eigenvalue weighted by molar-refractivity contribution is -0.255. The summed E-state index contributed by atoms with van der Waals surface area (Å²) in [6.45, 7) is 6.97. The van der Waals surface area contributed by atoms with E-state index in [-0.39, 0.29) is 50.1 Å². The zero-order valence-electron chi connectivity index (χ0n) is 33.9. The number of aliphatic hydroxyl groups is 2. The standard InChI is InChI=1S/C46H63N3O8/c1-4-27-54-46-41(49(3)42(52)24-21-32-15-9-10-16-32)30-39(48-55-31-33-17-7-6-8-18-33)37-28-34(19-11-13-25-50)36(20-12-14-26-51)43(44(37)46)38-29-35(22-23-40(38)57-46)56-45(53)47-5-2/h4,6-8,17-18,22-23,28-29,32,34,36,41,43-44,50-51H,1,5,9-16,19-21,24-27,30-31H2,2-3H3,(H,47,53). The average Bonchev–Trinajstić information content (AvgIpc) is 3.75. The van der Waals surface area contributed by atoms with Gasteiger partial charge in [0.15, 0.2) is 0 Å². The van der Waals surface area contributed by atoms with Gasteiger partial charge in [-0.25, -0.2) is 4.79 Å². The second kappa shape index (κ2) is 20.5. The van der Waals surface area contributed by atoms with Crippen LogP contribution < -0.4 is 14.8 Å². The molecule has 11 heteroatoms. The van der Waals surface area contributed by atoms with Crippen LogP contribution in [-0.2, 0) is 21.0 Å². The van der Waals surface area contributed by atoms with Gasteiger partial charge in [0.1, 0.15) is 24.1 Å².